The molecule has 190 valence electrons. The van der Waals surface area contributed by atoms with Gasteiger partial charge in [-0.2, -0.15) is 0 Å². The van der Waals surface area contributed by atoms with E-state index >= 15 is 0 Å². The van der Waals surface area contributed by atoms with E-state index in [1.165, 1.54) is 19.2 Å². The Bertz CT molecular complexity index is 2660. The summed E-state index contributed by atoms with van der Waals surface area (Å²) in [5, 5.41) is 0.677. The first-order chi connectivity index (χ1) is 18.5. The molecule has 0 radical (unpaired) electrons. The Morgan fingerprint density at radius 3 is 1.95 bits per heavy atom. The van der Waals surface area contributed by atoms with Gasteiger partial charge in [0.15, 0.2) is 10.9 Å². The number of H-pyrrole nitrogens is 1. The number of benzene rings is 4. The molecule has 7 aromatic rings. The minimum Gasteiger partial charge on any atom is -0.343 e. The van der Waals surface area contributed by atoms with Crippen LogP contribution >= 0.6 is 0 Å². The molecular formula is C30H19N3O6. The van der Waals surface area contributed by atoms with Gasteiger partial charge in [0.2, 0.25) is 16.4 Å². The van der Waals surface area contributed by atoms with Gasteiger partial charge in [-0.3, -0.25) is 28.8 Å². The number of pyridine rings is 2. The van der Waals surface area contributed by atoms with Gasteiger partial charge in [-0.25, -0.2) is 0 Å². The number of para-hydroxylation sites is 1. The van der Waals surface area contributed by atoms with E-state index in [-0.39, 0.29) is 43.4 Å². The van der Waals surface area contributed by atoms with Crippen molar-refractivity contribution in [1.82, 2.24) is 14.1 Å². The average Bonchev–Trinajstić information content (AvgIpc) is 3.18. The fourth-order valence-electron chi connectivity index (χ4n) is 6.35. The van der Waals surface area contributed by atoms with E-state index < -0.39 is 32.8 Å². The van der Waals surface area contributed by atoms with E-state index in [4.69, 9.17) is 0 Å². The third-order valence-corrected chi connectivity index (χ3v) is 8.03. The summed E-state index contributed by atoms with van der Waals surface area (Å²) < 4.78 is 2.88. The van der Waals surface area contributed by atoms with Crippen LogP contribution < -0.4 is 32.8 Å². The molecule has 0 spiro atoms. The van der Waals surface area contributed by atoms with Crippen molar-refractivity contribution in [2.45, 2.75) is 13.8 Å². The number of nitrogens with zero attached hydrogens (tertiary/aromatic N) is 2. The molecule has 0 saturated heterocycles. The highest BCUT2D eigenvalue weighted by molar-refractivity contribution is 6.33. The molecule has 0 bridgehead atoms. The van der Waals surface area contributed by atoms with Crippen LogP contribution in [0.1, 0.15) is 11.1 Å². The summed E-state index contributed by atoms with van der Waals surface area (Å²) in [5.74, 6) is 0. The number of hydrogen-bond donors (Lipinski definition) is 1. The molecule has 39 heavy (non-hydrogen) atoms. The number of rotatable bonds is 0. The first-order valence-corrected chi connectivity index (χ1v) is 12.2. The fourth-order valence-corrected chi connectivity index (χ4v) is 6.35. The highest BCUT2D eigenvalue weighted by Crippen LogP contribution is 2.37. The van der Waals surface area contributed by atoms with Crippen molar-refractivity contribution in [3.05, 3.63) is 109 Å². The molecule has 9 heteroatoms. The van der Waals surface area contributed by atoms with Gasteiger partial charge in [-0.1, -0.05) is 18.2 Å². The molecular weight excluding hydrogens is 498 g/mol. The van der Waals surface area contributed by atoms with Gasteiger partial charge in [0.1, 0.15) is 11.0 Å². The van der Waals surface area contributed by atoms with Crippen LogP contribution in [-0.2, 0) is 14.1 Å². The Hall–Kier alpha value is -5.18. The van der Waals surface area contributed by atoms with Crippen molar-refractivity contribution in [2.75, 3.05) is 0 Å². The molecule has 0 amide bonds. The molecule has 0 fully saturated rings. The van der Waals surface area contributed by atoms with Gasteiger partial charge >= 0.3 is 0 Å². The predicted octanol–water partition coefficient (Wildman–Crippen LogP) is 2.26. The lowest BCUT2D eigenvalue weighted by atomic mass is 9.91. The Morgan fingerprint density at radius 2 is 1.21 bits per heavy atom. The lowest BCUT2D eigenvalue weighted by Crippen LogP contribution is -2.27. The van der Waals surface area contributed by atoms with Crippen molar-refractivity contribution < 1.29 is 0 Å². The summed E-state index contributed by atoms with van der Waals surface area (Å²) in [6.45, 7) is 3.14. The lowest BCUT2D eigenvalue weighted by Gasteiger charge is -2.12. The summed E-state index contributed by atoms with van der Waals surface area (Å²) >= 11 is 0. The summed E-state index contributed by atoms with van der Waals surface area (Å²) in [5.41, 5.74) is -2.08. The zero-order valence-corrected chi connectivity index (χ0v) is 21.3. The van der Waals surface area contributed by atoms with Gasteiger partial charge in [0.25, 0.3) is 5.56 Å². The molecule has 7 rings (SSSR count). The molecule has 4 aromatic carbocycles. The summed E-state index contributed by atoms with van der Waals surface area (Å²) in [6.07, 6.45) is 0. The van der Waals surface area contributed by atoms with E-state index in [1.807, 2.05) is 12.1 Å². The highest BCUT2D eigenvalue weighted by Gasteiger charge is 2.28. The van der Waals surface area contributed by atoms with E-state index in [1.54, 1.807) is 37.6 Å². The van der Waals surface area contributed by atoms with Crippen LogP contribution in [0.25, 0.3) is 65.2 Å². The zero-order chi connectivity index (χ0) is 27.7. The summed E-state index contributed by atoms with van der Waals surface area (Å²) in [6, 6.07) is 9.73. The minimum absolute atomic E-state index is 0.0127. The zero-order valence-electron chi connectivity index (χ0n) is 21.3. The van der Waals surface area contributed by atoms with Crippen LogP contribution in [0, 0.1) is 13.8 Å². The molecule has 9 nitrogen and oxygen atoms in total. The van der Waals surface area contributed by atoms with E-state index in [9.17, 15) is 28.8 Å². The molecule has 0 unspecified atom stereocenters. The third kappa shape index (κ3) is 2.58. The maximum Gasteiger partial charge on any atom is 0.251 e. The van der Waals surface area contributed by atoms with Crippen LogP contribution in [-0.4, -0.2) is 14.1 Å². The first-order valence-electron chi connectivity index (χ1n) is 12.2. The normalized spacial score (nSPS) is 12.2. The Labute approximate surface area is 216 Å². The molecule has 0 aliphatic carbocycles. The number of aromatic nitrogens is 3. The third-order valence-electron chi connectivity index (χ3n) is 8.03. The summed E-state index contributed by atoms with van der Waals surface area (Å²) in [7, 11) is 3.15. The standard InChI is InChI=1S/C30H19N3O6/c1-11-9-15(34)31-24-17(11)27(36)20-19-13-7-5-6-8-14(13)32(3)25(19)23-22(21(20)29(24)38)28(37)18-12(2)10-16(35)33(4)26(18)30(23)39/h5-10H,1-4H3,(H,31,34). The van der Waals surface area contributed by atoms with Crippen LogP contribution in [0.4, 0.5) is 0 Å². The minimum atomic E-state index is -0.710. The Morgan fingerprint density at radius 1 is 0.590 bits per heavy atom. The molecule has 1 N–H and O–H groups in total. The van der Waals surface area contributed by atoms with Gasteiger partial charge in [-0.15, -0.1) is 0 Å². The molecule has 3 heterocycles. The number of aryl methyl sites for hydroxylation is 4. The Kier molecular flexibility index (Phi) is 4.26. The van der Waals surface area contributed by atoms with Crippen LogP contribution in [0.15, 0.2) is 65.2 Å². The quantitative estimate of drug-likeness (QED) is 0.243. The van der Waals surface area contributed by atoms with Crippen LogP contribution in [0.5, 0.6) is 0 Å². The van der Waals surface area contributed by atoms with Crippen molar-refractivity contribution in [2.24, 2.45) is 14.1 Å². The number of fused-ring (bicyclic) bond motifs is 10. The molecule has 0 aliphatic heterocycles. The second-order valence-electron chi connectivity index (χ2n) is 10.1. The van der Waals surface area contributed by atoms with Crippen molar-refractivity contribution >= 4 is 65.2 Å². The van der Waals surface area contributed by atoms with Crippen LogP contribution in [0.3, 0.4) is 0 Å². The van der Waals surface area contributed by atoms with Crippen molar-refractivity contribution in [3.8, 4) is 0 Å². The van der Waals surface area contributed by atoms with E-state index in [0.717, 1.165) is 4.57 Å². The molecule has 0 saturated carbocycles. The van der Waals surface area contributed by atoms with Gasteiger partial charge < -0.3 is 14.1 Å². The van der Waals surface area contributed by atoms with Gasteiger partial charge in [0.05, 0.1) is 21.7 Å². The second-order valence-corrected chi connectivity index (χ2v) is 10.1. The predicted molar refractivity (Wildman–Crippen MR) is 153 cm³/mol. The SMILES string of the molecule is Cc1cc(=O)[nH]c2c(=O)c3c4c(=O)c5c(C)cc(=O)n(C)c5c(=O)c4c4c(c5ccccc5n4C)c3c(=O)c12. The van der Waals surface area contributed by atoms with E-state index in [2.05, 4.69) is 4.98 Å². The van der Waals surface area contributed by atoms with E-state index in [0.29, 0.717) is 32.9 Å². The van der Waals surface area contributed by atoms with Crippen molar-refractivity contribution in [1.29, 1.82) is 0 Å². The largest absolute Gasteiger partial charge is 0.343 e. The maximum absolute atomic E-state index is 14.3. The number of nitrogens with one attached hydrogen (secondary N) is 1. The fraction of sp³-hybridized carbons (Fsp3) is 0.133. The second kappa shape index (κ2) is 7.22. The monoisotopic (exact) mass is 517 g/mol. The lowest BCUT2D eigenvalue weighted by molar-refractivity contribution is 0.900. The van der Waals surface area contributed by atoms with Crippen LogP contribution in [0.2, 0.25) is 0 Å². The van der Waals surface area contributed by atoms with Gasteiger partial charge in [0, 0.05) is 58.7 Å². The number of hydrogen-bond acceptors (Lipinski definition) is 6. The molecule has 3 aromatic heterocycles. The molecule has 0 aliphatic rings. The smallest absolute Gasteiger partial charge is 0.251 e. The number of aromatic amines is 1. The highest BCUT2D eigenvalue weighted by atomic mass is 16.1. The average molecular weight is 517 g/mol. The topological polar surface area (TPSA) is 128 Å². The first kappa shape index (κ1) is 23.0. The van der Waals surface area contributed by atoms with Gasteiger partial charge in [-0.05, 0) is 31.0 Å². The van der Waals surface area contributed by atoms with Crippen molar-refractivity contribution in [3.63, 3.8) is 0 Å². The summed E-state index contributed by atoms with van der Waals surface area (Å²) in [4.78, 5) is 84.3. The Balaban J connectivity index is 2.06. The molecule has 0 atom stereocenters. The maximum atomic E-state index is 14.3.